The maximum Gasteiger partial charge on any atom is 0.259 e. The standard InChI is InChI=1S/C25H31N3O2S/c1-25(2,3)17-9-10-18-19(15-17)31-24-22(18)23(30)27-20(28-24)11-12-21(29)26-14-13-16-7-5-4-6-8-16/h4-8,17H,9-15H2,1-3H3,(H,26,29)(H,27,28,30)/t17-/m0/s1. The van der Waals surface area contributed by atoms with Crippen LogP contribution in [0.25, 0.3) is 10.2 Å². The van der Waals surface area contributed by atoms with Gasteiger partial charge in [0.1, 0.15) is 10.7 Å². The first-order valence-corrected chi connectivity index (χ1v) is 12.0. The summed E-state index contributed by atoms with van der Waals surface area (Å²) < 4.78 is 0. The van der Waals surface area contributed by atoms with Gasteiger partial charge >= 0.3 is 0 Å². The maximum atomic E-state index is 12.8. The Labute approximate surface area is 187 Å². The fourth-order valence-electron chi connectivity index (χ4n) is 4.40. The normalized spacial score (nSPS) is 16.3. The largest absolute Gasteiger partial charge is 0.356 e. The Kier molecular flexibility index (Phi) is 6.28. The van der Waals surface area contributed by atoms with Gasteiger partial charge in [0.25, 0.3) is 5.56 Å². The molecule has 164 valence electrons. The van der Waals surface area contributed by atoms with Crippen LogP contribution in [0.3, 0.4) is 0 Å². The van der Waals surface area contributed by atoms with Gasteiger partial charge in [0, 0.05) is 24.3 Å². The molecule has 0 saturated carbocycles. The van der Waals surface area contributed by atoms with Crippen molar-refractivity contribution in [2.45, 2.75) is 59.3 Å². The lowest BCUT2D eigenvalue weighted by Gasteiger charge is -2.33. The van der Waals surface area contributed by atoms with E-state index in [1.54, 1.807) is 11.3 Å². The third kappa shape index (κ3) is 5.06. The molecule has 0 radical (unpaired) electrons. The predicted molar refractivity (Wildman–Crippen MR) is 127 cm³/mol. The van der Waals surface area contributed by atoms with E-state index in [0.29, 0.717) is 31.1 Å². The zero-order valence-electron chi connectivity index (χ0n) is 18.6. The molecule has 0 fully saturated rings. The molecule has 2 heterocycles. The van der Waals surface area contributed by atoms with Crippen molar-refractivity contribution in [1.29, 1.82) is 0 Å². The van der Waals surface area contributed by atoms with Gasteiger partial charge in [-0.3, -0.25) is 9.59 Å². The van der Waals surface area contributed by atoms with Crippen molar-refractivity contribution in [3.63, 3.8) is 0 Å². The van der Waals surface area contributed by atoms with Crippen LogP contribution in [0.4, 0.5) is 0 Å². The van der Waals surface area contributed by atoms with E-state index < -0.39 is 0 Å². The van der Waals surface area contributed by atoms with E-state index >= 15 is 0 Å². The predicted octanol–water partition coefficient (Wildman–Crippen LogP) is 4.43. The molecule has 2 aromatic heterocycles. The van der Waals surface area contributed by atoms with Crippen LogP contribution in [-0.2, 0) is 30.5 Å². The average Bonchev–Trinajstić information content (AvgIpc) is 3.10. The van der Waals surface area contributed by atoms with Crippen molar-refractivity contribution in [2.75, 3.05) is 6.54 Å². The van der Waals surface area contributed by atoms with Crippen LogP contribution in [0.2, 0.25) is 0 Å². The molecule has 1 aliphatic rings. The Morgan fingerprint density at radius 3 is 2.74 bits per heavy atom. The molecule has 1 aliphatic carbocycles. The molecule has 3 aromatic rings. The van der Waals surface area contributed by atoms with Gasteiger partial charge in [-0.25, -0.2) is 4.98 Å². The van der Waals surface area contributed by atoms with E-state index in [9.17, 15) is 9.59 Å². The highest BCUT2D eigenvalue weighted by atomic mass is 32.1. The molecule has 2 N–H and O–H groups in total. The molecule has 0 bridgehead atoms. The molecular weight excluding hydrogens is 406 g/mol. The summed E-state index contributed by atoms with van der Waals surface area (Å²) in [5.74, 6) is 1.21. The summed E-state index contributed by atoms with van der Waals surface area (Å²) in [5, 5.41) is 3.72. The summed E-state index contributed by atoms with van der Waals surface area (Å²) in [7, 11) is 0. The lowest BCUT2D eigenvalue weighted by atomic mass is 9.72. The minimum atomic E-state index is -0.0591. The highest BCUT2D eigenvalue weighted by Gasteiger charge is 2.31. The fraction of sp³-hybridized carbons (Fsp3) is 0.480. The number of aromatic amines is 1. The minimum absolute atomic E-state index is 0.0165. The smallest absolute Gasteiger partial charge is 0.259 e. The maximum absolute atomic E-state index is 12.8. The topological polar surface area (TPSA) is 74.8 Å². The molecule has 1 atom stereocenters. The molecule has 1 amide bonds. The molecule has 1 aromatic carbocycles. The second kappa shape index (κ2) is 8.95. The summed E-state index contributed by atoms with van der Waals surface area (Å²) in [4.78, 5) is 34.8. The molecule has 0 saturated heterocycles. The molecule has 0 unspecified atom stereocenters. The second-order valence-electron chi connectivity index (χ2n) is 9.59. The zero-order valence-corrected chi connectivity index (χ0v) is 19.4. The van der Waals surface area contributed by atoms with E-state index in [-0.39, 0.29) is 16.9 Å². The third-order valence-corrected chi connectivity index (χ3v) is 7.51. The number of benzene rings is 1. The van der Waals surface area contributed by atoms with Crippen molar-refractivity contribution in [1.82, 2.24) is 15.3 Å². The number of hydrogen-bond donors (Lipinski definition) is 2. The lowest BCUT2D eigenvalue weighted by molar-refractivity contribution is -0.121. The summed E-state index contributed by atoms with van der Waals surface area (Å²) >= 11 is 1.66. The van der Waals surface area contributed by atoms with Crippen LogP contribution in [-0.4, -0.2) is 22.4 Å². The number of aromatic nitrogens is 2. The molecule has 5 nitrogen and oxygen atoms in total. The lowest BCUT2D eigenvalue weighted by Crippen LogP contribution is -2.27. The van der Waals surface area contributed by atoms with Gasteiger partial charge in [0.05, 0.1) is 5.39 Å². The van der Waals surface area contributed by atoms with Crippen molar-refractivity contribution in [3.05, 3.63) is 62.5 Å². The van der Waals surface area contributed by atoms with Crippen LogP contribution in [0.5, 0.6) is 0 Å². The Morgan fingerprint density at radius 2 is 2.00 bits per heavy atom. The number of H-pyrrole nitrogens is 1. The fourth-order valence-corrected chi connectivity index (χ4v) is 5.72. The Hall–Kier alpha value is -2.47. The van der Waals surface area contributed by atoms with Crippen molar-refractivity contribution in [3.8, 4) is 0 Å². The SMILES string of the molecule is CC(C)(C)[C@H]1CCc2c(sc3nc(CCC(=O)NCCc4ccccc4)[nH]c(=O)c23)C1. The summed E-state index contributed by atoms with van der Waals surface area (Å²) in [6.07, 6.45) is 4.66. The molecule has 4 rings (SSSR count). The number of rotatable bonds is 6. The Morgan fingerprint density at radius 1 is 1.23 bits per heavy atom. The Balaban J connectivity index is 1.39. The number of carbonyl (C=O) groups excluding carboxylic acids is 1. The van der Waals surface area contributed by atoms with E-state index in [1.807, 2.05) is 18.2 Å². The number of nitrogens with zero attached hydrogens (tertiary/aromatic N) is 1. The average molecular weight is 438 g/mol. The molecule has 0 spiro atoms. The highest BCUT2D eigenvalue weighted by Crippen LogP contribution is 2.41. The number of carbonyl (C=O) groups is 1. The van der Waals surface area contributed by atoms with Crippen LogP contribution >= 0.6 is 11.3 Å². The van der Waals surface area contributed by atoms with Crippen molar-refractivity contribution in [2.24, 2.45) is 11.3 Å². The van der Waals surface area contributed by atoms with E-state index in [0.717, 1.165) is 35.9 Å². The van der Waals surface area contributed by atoms with Crippen LogP contribution in [0.15, 0.2) is 35.1 Å². The number of amides is 1. The molecular formula is C25H31N3O2S. The van der Waals surface area contributed by atoms with Crippen molar-refractivity contribution < 1.29 is 4.79 Å². The number of nitrogens with one attached hydrogen (secondary N) is 2. The summed E-state index contributed by atoms with van der Waals surface area (Å²) in [5.41, 5.74) is 2.61. The van der Waals surface area contributed by atoms with E-state index in [2.05, 4.69) is 43.2 Å². The first kappa shape index (κ1) is 21.8. The van der Waals surface area contributed by atoms with Gasteiger partial charge in [-0.15, -0.1) is 11.3 Å². The van der Waals surface area contributed by atoms with Crippen molar-refractivity contribution >= 4 is 27.5 Å². The van der Waals surface area contributed by atoms with E-state index in [4.69, 9.17) is 4.98 Å². The molecule has 0 aliphatic heterocycles. The summed E-state index contributed by atoms with van der Waals surface area (Å²) in [6, 6.07) is 10.1. The van der Waals surface area contributed by atoms with Crippen LogP contribution < -0.4 is 10.9 Å². The highest BCUT2D eigenvalue weighted by molar-refractivity contribution is 7.18. The van der Waals surface area contributed by atoms with Gasteiger partial charge in [0.2, 0.25) is 5.91 Å². The van der Waals surface area contributed by atoms with Gasteiger partial charge in [-0.05, 0) is 48.1 Å². The number of fused-ring (bicyclic) bond motifs is 3. The minimum Gasteiger partial charge on any atom is -0.356 e. The molecule has 31 heavy (non-hydrogen) atoms. The monoisotopic (exact) mass is 437 g/mol. The molecule has 6 heteroatoms. The number of aryl methyl sites for hydroxylation is 2. The number of thiophene rings is 1. The quantitative estimate of drug-likeness (QED) is 0.599. The second-order valence-corrected chi connectivity index (χ2v) is 10.7. The van der Waals surface area contributed by atoms with Crippen LogP contribution in [0.1, 0.15) is 55.4 Å². The first-order chi connectivity index (χ1) is 14.8. The van der Waals surface area contributed by atoms with Gasteiger partial charge in [0.15, 0.2) is 0 Å². The van der Waals surface area contributed by atoms with Gasteiger partial charge < -0.3 is 10.3 Å². The van der Waals surface area contributed by atoms with Gasteiger partial charge in [-0.2, -0.15) is 0 Å². The number of hydrogen-bond acceptors (Lipinski definition) is 4. The zero-order chi connectivity index (χ0) is 22.0. The van der Waals surface area contributed by atoms with Gasteiger partial charge in [-0.1, -0.05) is 51.1 Å². The Bertz CT molecular complexity index is 1130. The first-order valence-electron chi connectivity index (χ1n) is 11.2. The van der Waals surface area contributed by atoms with Crippen LogP contribution in [0, 0.1) is 11.3 Å². The summed E-state index contributed by atoms with van der Waals surface area (Å²) in [6.45, 7) is 7.50. The van der Waals surface area contributed by atoms with E-state index in [1.165, 1.54) is 16.0 Å². The third-order valence-electron chi connectivity index (χ3n) is 6.36.